The highest BCUT2D eigenvalue weighted by Gasteiger charge is 2.38. The molecule has 0 fully saturated rings. The molecule has 2 heterocycles. The van der Waals surface area contributed by atoms with Gasteiger partial charge < -0.3 is 4.57 Å². The fourth-order valence-corrected chi connectivity index (χ4v) is 5.47. The Kier molecular flexibility index (Phi) is 4.87. The summed E-state index contributed by atoms with van der Waals surface area (Å²) in [7, 11) is -3.81. The minimum Gasteiger partial charge on any atom is -0.348 e. The van der Waals surface area contributed by atoms with E-state index in [4.69, 9.17) is 0 Å². The molecule has 4 nitrogen and oxygen atoms in total. The van der Waals surface area contributed by atoms with Crippen LogP contribution in [0.1, 0.15) is 43.6 Å². The van der Waals surface area contributed by atoms with Gasteiger partial charge in [-0.25, -0.2) is 12.8 Å². The van der Waals surface area contributed by atoms with Crippen LogP contribution in [0.25, 0.3) is 0 Å². The summed E-state index contributed by atoms with van der Waals surface area (Å²) in [6.45, 7) is 7.08. The third kappa shape index (κ3) is 3.51. The highest BCUT2D eigenvalue weighted by Crippen LogP contribution is 2.37. The maximum atomic E-state index is 14.7. The standard InChI is InChI=1S/C23H25FN2O2S/c1-23(2,3)17-10-12-18(13-11-17)29(27,28)26-16-15-25-14-6-9-21(25)22(26)19-7-4-5-8-20(19)24/h4-14,22H,15-16H2,1-3H3. The smallest absolute Gasteiger partial charge is 0.244 e. The summed E-state index contributed by atoms with van der Waals surface area (Å²) >= 11 is 0. The summed E-state index contributed by atoms with van der Waals surface area (Å²) in [6, 6.07) is 16.5. The molecule has 29 heavy (non-hydrogen) atoms. The number of hydrogen-bond donors (Lipinski definition) is 0. The quantitative estimate of drug-likeness (QED) is 0.625. The molecule has 0 bridgehead atoms. The van der Waals surface area contributed by atoms with Gasteiger partial charge in [0, 0.05) is 30.5 Å². The lowest BCUT2D eigenvalue weighted by Gasteiger charge is -2.36. The number of nitrogens with zero attached hydrogens (tertiary/aromatic N) is 2. The number of hydrogen-bond acceptors (Lipinski definition) is 2. The molecule has 1 unspecified atom stereocenters. The van der Waals surface area contributed by atoms with E-state index in [2.05, 4.69) is 20.8 Å². The molecule has 6 heteroatoms. The molecule has 0 saturated carbocycles. The third-order valence-corrected chi connectivity index (χ3v) is 7.40. The van der Waals surface area contributed by atoms with E-state index in [0.29, 0.717) is 12.1 Å². The van der Waals surface area contributed by atoms with Crippen molar-refractivity contribution in [2.45, 2.75) is 43.7 Å². The molecule has 1 aliphatic rings. The Hall–Kier alpha value is -2.44. The van der Waals surface area contributed by atoms with Crippen LogP contribution < -0.4 is 0 Å². The zero-order chi connectivity index (χ0) is 20.8. The van der Waals surface area contributed by atoms with Gasteiger partial charge in [-0.3, -0.25) is 0 Å². The van der Waals surface area contributed by atoms with Gasteiger partial charge in [0.1, 0.15) is 5.82 Å². The van der Waals surface area contributed by atoms with Gasteiger partial charge >= 0.3 is 0 Å². The Morgan fingerprint density at radius 1 is 0.931 bits per heavy atom. The molecule has 152 valence electrons. The monoisotopic (exact) mass is 412 g/mol. The van der Waals surface area contributed by atoms with E-state index in [9.17, 15) is 12.8 Å². The van der Waals surface area contributed by atoms with Crippen molar-refractivity contribution >= 4 is 10.0 Å². The van der Waals surface area contributed by atoms with Gasteiger partial charge in [0.25, 0.3) is 0 Å². The number of halogens is 1. The highest BCUT2D eigenvalue weighted by atomic mass is 32.2. The normalized spacial score (nSPS) is 17.9. The van der Waals surface area contributed by atoms with Crippen molar-refractivity contribution in [3.05, 3.63) is 89.5 Å². The Morgan fingerprint density at radius 2 is 1.62 bits per heavy atom. The lowest BCUT2D eigenvalue weighted by atomic mass is 9.87. The molecule has 0 N–H and O–H groups in total. The second-order valence-electron chi connectivity index (χ2n) is 8.44. The minimum atomic E-state index is -3.81. The topological polar surface area (TPSA) is 42.3 Å². The number of rotatable bonds is 3. The van der Waals surface area contributed by atoms with Gasteiger partial charge in [-0.15, -0.1) is 0 Å². The zero-order valence-corrected chi connectivity index (χ0v) is 17.7. The number of aromatic nitrogens is 1. The summed E-state index contributed by atoms with van der Waals surface area (Å²) in [4.78, 5) is 0.229. The van der Waals surface area contributed by atoms with Crippen molar-refractivity contribution in [3.8, 4) is 0 Å². The van der Waals surface area contributed by atoms with Gasteiger partial charge in [-0.1, -0.05) is 51.1 Å². The summed E-state index contributed by atoms with van der Waals surface area (Å²) in [6.07, 6.45) is 1.91. The van der Waals surface area contributed by atoms with Crippen molar-refractivity contribution in [2.24, 2.45) is 0 Å². The fraction of sp³-hybridized carbons (Fsp3) is 0.304. The van der Waals surface area contributed by atoms with Crippen LogP contribution in [0.15, 0.2) is 71.8 Å². The second kappa shape index (κ2) is 7.11. The molecule has 0 saturated heterocycles. The lowest BCUT2D eigenvalue weighted by molar-refractivity contribution is 0.293. The van der Waals surface area contributed by atoms with Gasteiger partial charge in [-0.05, 0) is 41.3 Å². The SMILES string of the molecule is CC(C)(C)c1ccc(S(=O)(=O)N2CCn3cccc3C2c2ccccc2F)cc1. The molecule has 0 spiro atoms. The average Bonchev–Trinajstić information content (AvgIpc) is 3.16. The van der Waals surface area contributed by atoms with E-state index in [1.807, 2.05) is 35.0 Å². The van der Waals surface area contributed by atoms with Crippen molar-refractivity contribution in [3.63, 3.8) is 0 Å². The first kappa shape index (κ1) is 19.9. The Labute approximate surface area is 171 Å². The predicted molar refractivity (Wildman–Crippen MR) is 112 cm³/mol. The van der Waals surface area contributed by atoms with Crippen LogP contribution in [0, 0.1) is 5.82 Å². The Bertz CT molecular complexity index is 1130. The number of benzene rings is 2. The maximum Gasteiger partial charge on any atom is 0.244 e. The maximum absolute atomic E-state index is 14.7. The summed E-state index contributed by atoms with van der Waals surface area (Å²) in [5, 5.41) is 0. The first-order valence-corrected chi connectivity index (χ1v) is 11.2. The van der Waals surface area contributed by atoms with E-state index in [0.717, 1.165) is 11.3 Å². The van der Waals surface area contributed by atoms with Crippen molar-refractivity contribution in [1.29, 1.82) is 0 Å². The second-order valence-corrected chi connectivity index (χ2v) is 10.3. The molecule has 2 aromatic carbocycles. The molecule has 1 atom stereocenters. The summed E-state index contributed by atoms with van der Waals surface area (Å²) < 4.78 is 45.2. The van der Waals surface area contributed by atoms with Crippen LogP contribution in [-0.2, 0) is 22.0 Å². The largest absolute Gasteiger partial charge is 0.348 e. The van der Waals surface area contributed by atoms with E-state index >= 15 is 0 Å². The van der Waals surface area contributed by atoms with Crippen molar-refractivity contribution in [2.75, 3.05) is 6.54 Å². The highest BCUT2D eigenvalue weighted by molar-refractivity contribution is 7.89. The number of fused-ring (bicyclic) bond motifs is 1. The van der Waals surface area contributed by atoms with E-state index in [1.54, 1.807) is 30.3 Å². The third-order valence-electron chi connectivity index (χ3n) is 5.52. The summed E-state index contributed by atoms with van der Waals surface area (Å²) in [5.41, 5.74) is 2.14. The zero-order valence-electron chi connectivity index (χ0n) is 16.8. The molecule has 3 aromatic rings. The Morgan fingerprint density at radius 3 is 2.28 bits per heavy atom. The van der Waals surface area contributed by atoms with Crippen LogP contribution in [0.5, 0.6) is 0 Å². The van der Waals surface area contributed by atoms with Crippen LogP contribution >= 0.6 is 0 Å². The lowest BCUT2D eigenvalue weighted by Crippen LogP contribution is -2.42. The summed E-state index contributed by atoms with van der Waals surface area (Å²) in [5.74, 6) is -0.407. The number of sulfonamides is 1. The van der Waals surface area contributed by atoms with Gasteiger partial charge in [0.2, 0.25) is 10.0 Å². The first-order chi connectivity index (χ1) is 13.7. The van der Waals surface area contributed by atoms with Gasteiger partial charge in [0.05, 0.1) is 10.9 Å². The van der Waals surface area contributed by atoms with Crippen molar-refractivity contribution < 1.29 is 12.8 Å². The van der Waals surface area contributed by atoms with E-state index < -0.39 is 21.9 Å². The molecule has 1 aliphatic heterocycles. The van der Waals surface area contributed by atoms with Crippen LogP contribution in [0.3, 0.4) is 0 Å². The van der Waals surface area contributed by atoms with Gasteiger partial charge in [0.15, 0.2) is 0 Å². The average molecular weight is 413 g/mol. The molecule has 4 rings (SSSR count). The Balaban J connectivity index is 1.81. The molecule has 0 aliphatic carbocycles. The van der Waals surface area contributed by atoms with Gasteiger partial charge in [-0.2, -0.15) is 4.31 Å². The van der Waals surface area contributed by atoms with Crippen LogP contribution in [0.4, 0.5) is 4.39 Å². The molecule has 0 amide bonds. The molecule has 1 aromatic heterocycles. The fourth-order valence-electron chi connectivity index (χ4n) is 3.89. The molecular formula is C23H25FN2O2S. The van der Waals surface area contributed by atoms with Crippen molar-refractivity contribution in [1.82, 2.24) is 8.87 Å². The minimum absolute atomic E-state index is 0.0655. The molecular weight excluding hydrogens is 387 g/mol. The van der Waals surface area contributed by atoms with Crippen LogP contribution in [-0.4, -0.2) is 23.8 Å². The van der Waals surface area contributed by atoms with Crippen LogP contribution in [0.2, 0.25) is 0 Å². The first-order valence-electron chi connectivity index (χ1n) is 9.71. The molecule has 0 radical (unpaired) electrons. The van der Waals surface area contributed by atoms with E-state index in [1.165, 1.54) is 10.4 Å². The van der Waals surface area contributed by atoms with E-state index in [-0.39, 0.29) is 16.9 Å². The predicted octanol–water partition coefficient (Wildman–Crippen LogP) is 4.72.